The molecule has 1 aromatic rings. The highest BCUT2D eigenvalue weighted by atomic mass is 19.3. The Morgan fingerprint density at radius 2 is 1.94 bits per heavy atom. The lowest BCUT2D eigenvalue weighted by Gasteiger charge is -2.07. The van der Waals surface area contributed by atoms with Gasteiger partial charge in [-0.05, 0) is 30.7 Å². The van der Waals surface area contributed by atoms with Crippen LogP contribution < -0.4 is 4.74 Å². The van der Waals surface area contributed by atoms with Gasteiger partial charge in [-0.3, -0.25) is 0 Å². The van der Waals surface area contributed by atoms with Crippen molar-refractivity contribution in [3.05, 3.63) is 29.3 Å². The van der Waals surface area contributed by atoms with Crippen molar-refractivity contribution in [3.8, 4) is 5.75 Å². The van der Waals surface area contributed by atoms with Crippen LogP contribution in [0.25, 0.3) is 0 Å². The van der Waals surface area contributed by atoms with Gasteiger partial charge in [0.2, 0.25) is 0 Å². The number of hydrogen-bond acceptors (Lipinski definition) is 2. The molecular formula is C11H14F2O3. The lowest BCUT2D eigenvalue weighted by Crippen LogP contribution is -2.04. The molecule has 0 aliphatic carbocycles. The SMILES string of the molecule is CC.Cc1cc(C(=O)O)ccc1OC(F)F. The molecule has 3 nitrogen and oxygen atoms in total. The van der Waals surface area contributed by atoms with Crippen molar-refractivity contribution in [2.45, 2.75) is 27.4 Å². The van der Waals surface area contributed by atoms with Crippen LogP contribution in [-0.2, 0) is 0 Å². The number of alkyl halides is 2. The third-order valence-electron chi connectivity index (χ3n) is 1.64. The number of aryl methyl sites for hydroxylation is 1. The zero-order valence-electron chi connectivity index (χ0n) is 9.33. The second kappa shape index (κ2) is 6.76. The van der Waals surface area contributed by atoms with Crippen LogP contribution in [0.4, 0.5) is 8.78 Å². The van der Waals surface area contributed by atoms with Crippen LogP contribution in [0.2, 0.25) is 0 Å². The number of carbonyl (C=O) groups is 1. The Kier molecular flexibility index (Phi) is 6.07. The van der Waals surface area contributed by atoms with Crippen molar-refractivity contribution in [1.29, 1.82) is 0 Å². The second-order valence-corrected chi connectivity index (χ2v) is 2.66. The van der Waals surface area contributed by atoms with Gasteiger partial charge in [-0.25, -0.2) is 4.79 Å². The molecular weight excluding hydrogens is 218 g/mol. The second-order valence-electron chi connectivity index (χ2n) is 2.66. The molecule has 0 radical (unpaired) electrons. The van der Waals surface area contributed by atoms with E-state index in [1.807, 2.05) is 13.8 Å². The third-order valence-corrected chi connectivity index (χ3v) is 1.64. The molecule has 1 rings (SSSR count). The Bertz CT molecular complexity index is 351. The first-order chi connectivity index (χ1) is 7.50. The molecule has 0 amide bonds. The van der Waals surface area contributed by atoms with Crippen LogP contribution in [0.3, 0.4) is 0 Å². The molecule has 0 aliphatic rings. The molecule has 0 unspecified atom stereocenters. The smallest absolute Gasteiger partial charge is 0.387 e. The average molecular weight is 232 g/mol. The van der Waals surface area contributed by atoms with Crippen molar-refractivity contribution in [2.24, 2.45) is 0 Å². The monoisotopic (exact) mass is 232 g/mol. The summed E-state index contributed by atoms with van der Waals surface area (Å²) in [5, 5.41) is 8.59. The van der Waals surface area contributed by atoms with Crippen molar-refractivity contribution in [3.63, 3.8) is 0 Å². The van der Waals surface area contributed by atoms with Crippen LogP contribution in [0.15, 0.2) is 18.2 Å². The minimum absolute atomic E-state index is 0.00926. The predicted octanol–water partition coefficient (Wildman–Crippen LogP) is 3.32. The summed E-state index contributed by atoms with van der Waals surface area (Å²) in [7, 11) is 0. The van der Waals surface area contributed by atoms with Crippen LogP contribution in [0, 0.1) is 6.92 Å². The molecule has 0 fully saturated rings. The maximum atomic E-state index is 11.8. The maximum Gasteiger partial charge on any atom is 0.387 e. The summed E-state index contributed by atoms with van der Waals surface area (Å²) in [6, 6.07) is 3.71. The first-order valence-corrected chi connectivity index (χ1v) is 4.79. The van der Waals surface area contributed by atoms with Gasteiger partial charge in [0.1, 0.15) is 5.75 Å². The Morgan fingerprint density at radius 1 is 1.38 bits per heavy atom. The van der Waals surface area contributed by atoms with E-state index in [2.05, 4.69) is 4.74 Å². The normalized spacial score (nSPS) is 9.38. The number of carboxylic acids is 1. The molecule has 0 saturated heterocycles. The molecule has 0 atom stereocenters. The maximum absolute atomic E-state index is 11.8. The van der Waals surface area contributed by atoms with Gasteiger partial charge in [0.25, 0.3) is 0 Å². The van der Waals surface area contributed by atoms with E-state index < -0.39 is 12.6 Å². The van der Waals surface area contributed by atoms with Gasteiger partial charge >= 0.3 is 12.6 Å². The molecule has 90 valence electrons. The molecule has 5 heteroatoms. The summed E-state index contributed by atoms with van der Waals surface area (Å²) in [6.45, 7) is 2.61. The molecule has 16 heavy (non-hydrogen) atoms. The van der Waals surface area contributed by atoms with E-state index >= 15 is 0 Å². The Labute approximate surface area is 92.7 Å². The Morgan fingerprint density at radius 3 is 2.31 bits per heavy atom. The highest BCUT2D eigenvalue weighted by molar-refractivity contribution is 5.88. The predicted molar refractivity (Wildman–Crippen MR) is 56.1 cm³/mol. The first kappa shape index (κ1) is 14.3. The van der Waals surface area contributed by atoms with Crippen LogP contribution in [0.5, 0.6) is 5.75 Å². The van der Waals surface area contributed by atoms with Gasteiger partial charge in [0.05, 0.1) is 5.56 Å². The van der Waals surface area contributed by atoms with Crippen molar-refractivity contribution in [2.75, 3.05) is 0 Å². The molecule has 0 spiro atoms. The Hall–Kier alpha value is -1.65. The number of ether oxygens (including phenoxy) is 1. The zero-order valence-corrected chi connectivity index (χ0v) is 9.33. The summed E-state index contributed by atoms with van der Waals surface area (Å²) < 4.78 is 27.8. The van der Waals surface area contributed by atoms with E-state index in [1.165, 1.54) is 25.1 Å². The lowest BCUT2D eigenvalue weighted by molar-refractivity contribution is -0.0502. The topological polar surface area (TPSA) is 46.5 Å². The quantitative estimate of drug-likeness (QED) is 0.869. The fraction of sp³-hybridized carbons (Fsp3) is 0.364. The zero-order chi connectivity index (χ0) is 12.7. The number of rotatable bonds is 3. The van der Waals surface area contributed by atoms with Gasteiger partial charge in [-0.15, -0.1) is 0 Å². The average Bonchev–Trinajstić information content (AvgIpc) is 2.23. The Balaban J connectivity index is 0.00000106. The van der Waals surface area contributed by atoms with Crippen molar-refractivity contribution >= 4 is 5.97 Å². The summed E-state index contributed by atoms with van der Waals surface area (Å²) >= 11 is 0. The largest absolute Gasteiger partial charge is 0.478 e. The summed E-state index contributed by atoms with van der Waals surface area (Å²) in [5.41, 5.74) is 0.411. The van der Waals surface area contributed by atoms with Crippen LogP contribution in [-0.4, -0.2) is 17.7 Å². The molecule has 0 aromatic heterocycles. The minimum Gasteiger partial charge on any atom is -0.478 e. The standard InChI is InChI=1S/C9H8F2O3.C2H6/c1-5-4-6(8(12)13)2-3-7(5)14-9(10)11;1-2/h2-4,9H,1H3,(H,12,13);1-2H3. The van der Waals surface area contributed by atoms with Crippen LogP contribution in [0.1, 0.15) is 29.8 Å². The number of benzene rings is 1. The summed E-state index contributed by atoms with van der Waals surface area (Å²) in [4.78, 5) is 10.5. The van der Waals surface area contributed by atoms with Gasteiger partial charge < -0.3 is 9.84 Å². The fourth-order valence-corrected chi connectivity index (χ4v) is 1.01. The number of carboxylic acid groups (broad SMARTS) is 1. The van der Waals surface area contributed by atoms with E-state index in [1.54, 1.807) is 0 Å². The minimum atomic E-state index is -2.90. The molecule has 0 aliphatic heterocycles. The van der Waals surface area contributed by atoms with Gasteiger partial charge in [0, 0.05) is 0 Å². The van der Waals surface area contributed by atoms with E-state index in [9.17, 15) is 13.6 Å². The highest BCUT2D eigenvalue weighted by Gasteiger charge is 2.09. The van der Waals surface area contributed by atoms with Gasteiger partial charge in [-0.2, -0.15) is 8.78 Å². The van der Waals surface area contributed by atoms with E-state index in [0.717, 1.165) is 0 Å². The van der Waals surface area contributed by atoms with E-state index in [4.69, 9.17) is 5.11 Å². The molecule has 1 aromatic carbocycles. The fourth-order valence-electron chi connectivity index (χ4n) is 1.01. The highest BCUT2D eigenvalue weighted by Crippen LogP contribution is 2.20. The molecule has 0 heterocycles. The van der Waals surface area contributed by atoms with E-state index in [0.29, 0.717) is 5.56 Å². The lowest BCUT2D eigenvalue weighted by atomic mass is 10.1. The molecule has 1 N–H and O–H groups in total. The van der Waals surface area contributed by atoms with Crippen molar-refractivity contribution < 1.29 is 23.4 Å². The van der Waals surface area contributed by atoms with Crippen LogP contribution >= 0.6 is 0 Å². The molecule has 0 saturated carbocycles. The summed E-state index contributed by atoms with van der Waals surface area (Å²) in [6.07, 6.45) is 0. The number of aromatic carboxylic acids is 1. The van der Waals surface area contributed by atoms with E-state index in [-0.39, 0.29) is 11.3 Å². The third kappa shape index (κ3) is 4.25. The van der Waals surface area contributed by atoms with Gasteiger partial charge in [-0.1, -0.05) is 13.8 Å². The molecule has 0 bridgehead atoms. The van der Waals surface area contributed by atoms with Gasteiger partial charge in [0.15, 0.2) is 0 Å². The first-order valence-electron chi connectivity index (χ1n) is 4.79. The summed E-state index contributed by atoms with van der Waals surface area (Å²) in [5.74, 6) is -1.11. The van der Waals surface area contributed by atoms with Crippen molar-refractivity contribution in [1.82, 2.24) is 0 Å². The number of halogens is 2. The number of hydrogen-bond donors (Lipinski definition) is 1.